The summed E-state index contributed by atoms with van der Waals surface area (Å²) in [6.07, 6.45) is 6.15. The average molecular weight is 291 g/mol. The van der Waals surface area contributed by atoms with Crippen LogP contribution in [0.3, 0.4) is 0 Å². The summed E-state index contributed by atoms with van der Waals surface area (Å²) in [5.74, 6) is -0.0291. The Balaban J connectivity index is 3.04. The summed E-state index contributed by atoms with van der Waals surface area (Å²) in [7, 11) is -3.46. The summed E-state index contributed by atoms with van der Waals surface area (Å²) in [4.78, 5) is 0. The topological polar surface area (TPSA) is 105 Å². The third-order valence-electron chi connectivity index (χ3n) is 3.76. The van der Waals surface area contributed by atoms with E-state index < -0.39 is 20.8 Å². The Hall–Kier alpha value is -0.820. The van der Waals surface area contributed by atoms with E-state index in [0.29, 0.717) is 12.8 Å². The fourth-order valence-corrected chi connectivity index (χ4v) is 3.49. The number of rotatable bonds is 4. The Morgan fingerprint density at radius 1 is 1.21 bits per heavy atom. The third-order valence-corrected chi connectivity index (χ3v) is 5.68. The highest BCUT2D eigenvalue weighted by Crippen LogP contribution is 2.28. The van der Waals surface area contributed by atoms with Crippen LogP contribution >= 0.6 is 0 Å². The van der Waals surface area contributed by atoms with Gasteiger partial charge in [0.2, 0.25) is 10.0 Å². The van der Waals surface area contributed by atoms with Gasteiger partial charge in [-0.1, -0.05) is 37.3 Å². The smallest absolute Gasteiger partial charge is 0.214 e. The molecular weight excluding hydrogens is 266 g/mol. The largest absolute Gasteiger partial charge is 0.409 e. The molecule has 0 unspecified atom stereocenters. The first-order valence-corrected chi connectivity index (χ1v) is 8.39. The van der Waals surface area contributed by atoms with Gasteiger partial charge in [0.25, 0.3) is 0 Å². The fraction of sp³-hybridized carbons (Fsp3) is 0.917. The van der Waals surface area contributed by atoms with Gasteiger partial charge in [-0.25, -0.2) is 13.1 Å². The first kappa shape index (κ1) is 16.2. The predicted molar refractivity (Wildman–Crippen MR) is 75.7 cm³/mol. The molecule has 0 amide bonds. The molecule has 0 atom stereocenters. The van der Waals surface area contributed by atoms with Crippen molar-refractivity contribution in [2.24, 2.45) is 10.9 Å². The SMILES string of the molecule is CC(C)S(=O)(=O)NC1(/C(N)=N/O)CCCCCCC1. The van der Waals surface area contributed by atoms with Crippen molar-refractivity contribution in [3.05, 3.63) is 0 Å². The van der Waals surface area contributed by atoms with Crippen LogP contribution in [0, 0.1) is 0 Å². The summed E-state index contributed by atoms with van der Waals surface area (Å²) in [5, 5.41) is 11.5. The molecule has 1 saturated carbocycles. The first-order chi connectivity index (χ1) is 8.84. The first-order valence-electron chi connectivity index (χ1n) is 6.85. The lowest BCUT2D eigenvalue weighted by atomic mass is 9.84. The number of sulfonamides is 1. The van der Waals surface area contributed by atoms with Gasteiger partial charge in [-0.3, -0.25) is 0 Å². The second-order valence-corrected chi connectivity index (χ2v) is 7.77. The van der Waals surface area contributed by atoms with Crippen molar-refractivity contribution in [3.8, 4) is 0 Å². The zero-order valence-corrected chi connectivity index (χ0v) is 12.5. The van der Waals surface area contributed by atoms with Crippen molar-refractivity contribution in [3.63, 3.8) is 0 Å². The van der Waals surface area contributed by atoms with Crippen LogP contribution < -0.4 is 10.5 Å². The van der Waals surface area contributed by atoms with Crippen LogP contribution in [-0.4, -0.2) is 30.2 Å². The van der Waals surface area contributed by atoms with Gasteiger partial charge in [-0.05, 0) is 26.7 Å². The van der Waals surface area contributed by atoms with Crippen LogP contribution in [0.25, 0.3) is 0 Å². The number of nitrogens with zero attached hydrogens (tertiary/aromatic N) is 1. The minimum Gasteiger partial charge on any atom is -0.409 e. The van der Waals surface area contributed by atoms with Gasteiger partial charge in [-0.15, -0.1) is 0 Å². The number of nitrogens with one attached hydrogen (secondary N) is 1. The van der Waals surface area contributed by atoms with Crippen molar-refractivity contribution >= 4 is 15.9 Å². The zero-order chi connectivity index (χ0) is 14.5. The maximum Gasteiger partial charge on any atom is 0.214 e. The fourth-order valence-electron chi connectivity index (χ4n) is 2.41. The van der Waals surface area contributed by atoms with E-state index >= 15 is 0 Å². The number of amidine groups is 1. The molecule has 0 aromatic rings. The molecule has 7 heteroatoms. The molecule has 0 bridgehead atoms. The number of hydrogen-bond donors (Lipinski definition) is 3. The molecule has 0 aromatic heterocycles. The van der Waals surface area contributed by atoms with Crippen LogP contribution in [0.15, 0.2) is 5.16 Å². The summed E-state index contributed by atoms with van der Waals surface area (Å²) < 4.78 is 26.9. The third kappa shape index (κ3) is 4.07. The van der Waals surface area contributed by atoms with Crippen molar-refractivity contribution in [1.82, 2.24) is 4.72 Å². The highest BCUT2D eigenvalue weighted by molar-refractivity contribution is 7.90. The predicted octanol–water partition coefficient (Wildman–Crippen LogP) is 1.54. The zero-order valence-electron chi connectivity index (χ0n) is 11.7. The molecule has 4 N–H and O–H groups in total. The maximum absolute atomic E-state index is 12.1. The molecule has 0 spiro atoms. The normalized spacial score (nSPS) is 21.9. The van der Waals surface area contributed by atoms with Crippen molar-refractivity contribution in [2.45, 2.75) is 69.6 Å². The molecule has 112 valence electrons. The maximum atomic E-state index is 12.1. The number of hydrogen-bond acceptors (Lipinski definition) is 4. The summed E-state index contributed by atoms with van der Waals surface area (Å²) in [6, 6.07) is 0. The van der Waals surface area contributed by atoms with Gasteiger partial charge >= 0.3 is 0 Å². The van der Waals surface area contributed by atoms with Crippen molar-refractivity contribution in [1.29, 1.82) is 0 Å². The van der Waals surface area contributed by atoms with E-state index in [9.17, 15) is 8.42 Å². The Morgan fingerprint density at radius 3 is 2.11 bits per heavy atom. The number of nitrogens with two attached hydrogens (primary N) is 1. The van der Waals surface area contributed by atoms with Crippen molar-refractivity contribution < 1.29 is 13.6 Å². The molecule has 6 nitrogen and oxygen atoms in total. The molecule has 0 saturated heterocycles. The molecule has 19 heavy (non-hydrogen) atoms. The van der Waals surface area contributed by atoms with Crippen LogP contribution in [0.5, 0.6) is 0 Å². The molecule has 0 aromatic carbocycles. The minimum absolute atomic E-state index is 0.0291. The van der Waals surface area contributed by atoms with Gasteiger partial charge < -0.3 is 10.9 Å². The van der Waals surface area contributed by atoms with Gasteiger partial charge in [0.1, 0.15) is 0 Å². The lowest BCUT2D eigenvalue weighted by molar-refractivity contribution is 0.299. The van der Waals surface area contributed by atoms with Crippen LogP contribution in [0.4, 0.5) is 0 Å². The van der Waals surface area contributed by atoms with E-state index in [-0.39, 0.29) is 5.84 Å². The Kier molecular flexibility index (Phi) is 5.61. The highest BCUT2D eigenvalue weighted by atomic mass is 32.2. The molecular formula is C12H25N3O3S. The van der Waals surface area contributed by atoms with E-state index in [0.717, 1.165) is 32.1 Å². The highest BCUT2D eigenvalue weighted by Gasteiger charge is 2.39. The second-order valence-electron chi connectivity index (χ2n) is 5.53. The second kappa shape index (κ2) is 6.56. The van der Waals surface area contributed by atoms with E-state index in [4.69, 9.17) is 10.9 Å². The van der Waals surface area contributed by atoms with Gasteiger partial charge in [0.15, 0.2) is 5.84 Å². The van der Waals surface area contributed by atoms with Crippen LogP contribution in [0.2, 0.25) is 0 Å². The molecule has 0 radical (unpaired) electrons. The standard InChI is InChI=1S/C12H25N3O3S/c1-10(2)19(17,18)15-12(11(13)14-16)8-6-4-3-5-7-9-12/h10,15-16H,3-9H2,1-2H3,(H2,13,14). The number of oxime groups is 1. The Morgan fingerprint density at radius 2 is 1.68 bits per heavy atom. The minimum atomic E-state index is -3.46. The lowest BCUT2D eigenvalue weighted by Gasteiger charge is -2.35. The van der Waals surface area contributed by atoms with E-state index in [1.807, 2.05) is 0 Å². The molecule has 0 aliphatic heterocycles. The quantitative estimate of drug-likeness (QED) is 0.316. The Labute approximate surface area is 115 Å². The van der Waals surface area contributed by atoms with Crippen LogP contribution in [-0.2, 0) is 10.0 Å². The summed E-state index contributed by atoms with van der Waals surface area (Å²) in [6.45, 7) is 3.23. The van der Waals surface area contributed by atoms with E-state index in [1.165, 1.54) is 0 Å². The van der Waals surface area contributed by atoms with E-state index in [1.54, 1.807) is 13.8 Å². The van der Waals surface area contributed by atoms with E-state index in [2.05, 4.69) is 9.88 Å². The summed E-state index contributed by atoms with van der Waals surface area (Å²) >= 11 is 0. The average Bonchev–Trinajstić information content (AvgIpc) is 2.31. The molecule has 1 rings (SSSR count). The molecule has 0 heterocycles. The van der Waals surface area contributed by atoms with Gasteiger partial charge in [0, 0.05) is 0 Å². The molecule has 1 aliphatic carbocycles. The van der Waals surface area contributed by atoms with Crippen molar-refractivity contribution in [2.75, 3.05) is 0 Å². The monoisotopic (exact) mass is 291 g/mol. The van der Waals surface area contributed by atoms with Gasteiger partial charge in [-0.2, -0.15) is 0 Å². The summed E-state index contributed by atoms with van der Waals surface area (Å²) in [5.41, 5.74) is 4.85. The van der Waals surface area contributed by atoms with Crippen LogP contribution in [0.1, 0.15) is 58.8 Å². The molecule has 1 aliphatic rings. The Bertz CT molecular complexity index is 410. The van der Waals surface area contributed by atoms with Gasteiger partial charge in [0.05, 0.1) is 10.8 Å². The molecule has 1 fully saturated rings. The lowest BCUT2D eigenvalue weighted by Crippen LogP contribution is -2.58.